The van der Waals surface area contributed by atoms with Crippen molar-refractivity contribution in [2.24, 2.45) is 0 Å². The first kappa shape index (κ1) is 21.3. The molecule has 0 radical (unpaired) electrons. The summed E-state index contributed by atoms with van der Waals surface area (Å²) in [6.45, 7) is 0.428. The van der Waals surface area contributed by atoms with E-state index in [1.807, 2.05) is 30.3 Å². The average molecular weight is 449 g/mol. The molecule has 2 N–H and O–H groups in total. The van der Waals surface area contributed by atoms with E-state index in [9.17, 15) is 4.79 Å². The van der Waals surface area contributed by atoms with Gasteiger partial charge in [-0.2, -0.15) is 4.98 Å². The Hall–Kier alpha value is -3.98. The summed E-state index contributed by atoms with van der Waals surface area (Å²) in [5.74, 6) is 0.882. The summed E-state index contributed by atoms with van der Waals surface area (Å²) in [4.78, 5) is 21.3. The van der Waals surface area contributed by atoms with Gasteiger partial charge in [-0.3, -0.25) is 10.1 Å². The van der Waals surface area contributed by atoms with Gasteiger partial charge in [-0.25, -0.2) is 4.98 Å². The molecule has 2 aromatic carbocycles. The Labute approximate surface area is 189 Å². The van der Waals surface area contributed by atoms with Gasteiger partial charge in [0.25, 0.3) is 5.91 Å². The maximum absolute atomic E-state index is 12.7. The predicted molar refractivity (Wildman–Crippen MR) is 124 cm³/mol. The first-order chi connectivity index (χ1) is 15.6. The lowest BCUT2D eigenvalue weighted by molar-refractivity contribution is 0.0970. The Kier molecular flexibility index (Phi) is 6.27. The molecule has 2 heterocycles. The van der Waals surface area contributed by atoms with Gasteiger partial charge in [0, 0.05) is 18.3 Å². The van der Waals surface area contributed by atoms with Crippen LogP contribution in [-0.4, -0.2) is 35.2 Å². The number of rotatable bonds is 6. The van der Waals surface area contributed by atoms with Crippen molar-refractivity contribution >= 4 is 34.5 Å². The van der Waals surface area contributed by atoms with E-state index in [0.717, 1.165) is 11.1 Å². The monoisotopic (exact) mass is 448 g/mol. The van der Waals surface area contributed by atoms with Crippen molar-refractivity contribution in [1.29, 1.82) is 0 Å². The fourth-order valence-electron chi connectivity index (χ4n) is 3.12. The number of benzene rings is 2. The molecule has 0 bridgehead atoms. The second-order valence-corrected chi connectivity index (χ2v) is 7.12. The third kappa shape index (κ3) is 4.52. The number of thiocarbonyl (C=S) groups is 1. The van der Waals surface area contributed by atoms with Crippen LogP contribution >= 0.6 is 12.2 Å². The van der Waals surface area contributed by atoms with Gasteiger partial charge >= 0.3 is 0 Å². The standard InChI is InChI=1S/C23H20N4O4S/c1-29-16-5-3-6-17(30-2)19(16)21(28)27-23(32)25-13-14-8-10-15(11-9-14)22-26-20-18(31-22)7-4-12-24-20/h3-12H,13H2,1-2H3,(H2,25,27,28,32). The van der Waals surface area contributed by atoms with Crippen molar-refractivity contribution in [2.45, 2.75) is 6.54 Å². The maximum Gasteiger partial charge on any atom is 0.264 e. The molecule has 0 atom stereocenters. The van der Waals surface area contributed by atoms with Gasteiger partial charge in [0.05, 0.1) is 14.2 Å². The van der Waals surface area contributed by atoms with E-state index in [4.69, 9.17) is 26.1 Å². The predicted octanol–water partition coefficient (Wildman–Crippen LogP) is 3.71. The lowest BCUT2D eigenvalue weighted by atomic mass is 10.1. The highest BCUT2D eigenvalue weighted by molar-refractivity contribution is 7.80. The van der Waals surface area contributed by atoms with Gasteiger partial charge in [0.15, 0.2) is 16.3 Å². The number of fused-ring (bicyclic) bond motifs is 1. The Morgan fingerprint density at radius 3 is 2.41 bits per heavy atom. The molecule has 0 unspecified atom stereocenters. The first-order valence-corrected chi connectivity index (χ1v) is 10.1. The number of oxazole rings is 1. The quantitative estimate of drug-likeness (QED) is 0.431. The van der Waals surface area contributed by atoms with Crippen LogP contribution in [-0.2, 0) is 6.54 Å². The van der Waals surface area contributed by atoms with Crippen molar-refractivity contribution in [3.8, 4) is 23.0 Å². The molecule has 4 rings (SSSR count). The maximum atomic E-state index is 12.7. The van der Waals surface area contributed by atoms with Gasteiger partial charge in [-0.15, -0.1) is 0 Å². The van der Waals surface area contributed by atoms with Gasteiger partial charge in [0.1, 0.15) is 17.1 Å². The number of carbonyl (C=O) groups is 1. The summed E-state index contributed by atoms with van der Waals surface area (Å²) in [7, 11) is 2.98. The molecule has 0 fully saturated rings. The first-order valence-electron chi connectivity index (χ1n) is 9.70. The lowest BCUT2D eigenvalue weighted by Crippen LogP contribution is -2.39. The minimum absolute atomic E-state index is 0.192. The van der Waals surface area contributed by atoms with Gasteiger partial charge in [-0.1, -0.05) is 18.2 Å². The van der Waals surface area contributed by atoms with Gasteiger partial charge in [-0.05, 0) is 54.2 Å². The van der Waals surface area contributed by atoms with Crippen molar-refractivity contribution in [3.05, 3.63) is 71.9 Å². The summed E-state index contributed by atoms with van der Waals surface area (Å²) in [6, 6.07) is 16.4. The van der Waals surface area contributed by atoms with Crippen LogP contribution in [0, 0.1) is 0 Å². The van der Waals surface area contributed by atoms with Crippen LogP contribution in [0.3, 0.4) is 0 Å². The summed E-state index contributed by atoms with van der Waals surface area (Å²) in [5.41, 5.74) is 3.29. The number of hydrogen-bond acceptors (Lipinski definition) is 7. The van der Waals surface area contributed by atoms with Crippen LogP contribution in [0.4, 0.5) is 0 Å². The fraction of sp³-hybridized carbons (Fsp3) is 0.130. The molecule has 162 valence electrons. The van der Waals surface area contributed by atoms with E-state index < -0.39 is 5.91 Å². The lowest BCUT2D eigenvalue weighted by Gasteiger charge is -2.14. The van der Waals surface area contributed by atoms with Crippen molar-refractivity contribution in [2.75, 3.05) is 14.2 Å². The van der Waals surface area contributed by atoms with E-state index in [1.165, 1.54) is 14.2 Å². The zero-order valence-electron chi connectivity index (χ0n) is 17.4. The molecular formula is C23H20N4O4S. The summed E-state index contributed by atoms with van der Waals surface area (Å²) in [6.07, 6.45) is 1.68. The minimum Gasteiger partial charge on any atom is -0.496 e. The highest BCUT2D eigenvalue weighted by Gasteiger charge is 2.19. The van der Waals surface area contributed by atoms with Crippen LogP contribution in [0.25, 0.3) is 22.7 Å². The Bertz CT molecular complexity index is 1220. The number of hydrogen-bond donors (Lipinski definition) is 2. The van der Waals surface area contributed by atoms with Crippen LogP contribution in [0.2, 0.25) is 0 Å². The third-order valence-electron chi connectivity index (χ3n) is 4.70. The number of methoxy groups -OCH3 is 2. The molecular weight excluding hydrogens is 428 g/mol. The second kappa shape index (κ2) is 9.44. The minimum atomic E-state index is -0.420. The molecule has 0 spiro atoms. The molecule has 1 amide bonds. The van der Waals surface area contributed by atoms with Crippen molar-refractivity contribution in [1.82, 2.24) is 20.6 Å². The molecule has 0 aliphatic heterocycles. The average Bonchev–Trinajstić information content (AvgIpc) is 3.26. The van der Waals surface area contributed by atoms with Crippen molar-refractivity contribution in [3.63, 3.8) is 0 Å². The van der Waals surface area contributed by atoms with Crippen LogP contribution < -0.4 is 20.1 Å². The number of nitrogens with one attached hydrogen (secondary N) is 2. The summed E-state index contributed by atoms with van der Waals surface area (Å²) < 4.78 is 16.3. The Morgan fingerprint density at radius 1 is 1.03 bits per heavy atom. The zero-order chi connectivity index (χ0) is 22.5. The van der Waals surface area contributed by atoms with Crippen LogP contribution in [0.5, 0.6) is 11.5 Å². The normalized spacial score (nSPS) is 10.6. The number of carbonyl (C=O) groups excluding carboxylic acids is 1. The van der Waals surface area contributed by atoms with E-state index in [-0.39, 0.29) is 10.7 Å². The highest BCUT2D eigenvalue weighted by atomic mass is 32.1. The number of aromatic nitrogens is 2. The third-order valence-corrected chi connectivity index (χ3v) is 4.95. The highest BCUT2D eigenvalue weighted by Crippen LogP contribution is 2.28. The van der Waals surface area contributed by atoms with E-state index in [2.05, 4.69) is 20.6 Å². The number of amides is 1. The topological polar surface area (TPSA) is 98.5 Å². The van der Waals surface area contributed by atoms with Crippen molar-refractivity contribution < 1.29 is 18.7 Å². The molecule has 2 aromatic heterocycles. The second-order valence-electron chi connectivity index (χ2n) is 6.72. The SMILES string of the molecule is COc1cccc(OC)c1C(=O)NC(=S)NCc1ccc(-c2nc3ncccc3o2)cc1. The molecule has 0 aliphatic rings. The number of nitrogens with zero attached hydrogens (tertiary/aromatic N) is 2. The Balaban J connectivity index is 1.38. The Morgan fingerprint density at radius 2 is 1.75 bits per heavy atom. The molecule has 8 nitrogen and oxygen atoms in total. The van der Waals surface area contributed by atoms with Crippen LogP contribution in [0.1, 0.15) is 15.9 Å². The van der Waals surface area contributed by atoms with Crippen LogP contribution in [0.15, 0.2) is 65.2 Å². The molecule has 0 saturated heterocycles. The smallest absolute Gasteiger partial charge is 0.264 e. The zero-order valence-corrected chi connectivity index (χ0v) is 18.2. The van der Waals surface area contributed by atoms with Gasteiger partial charge in [0.2, 0.25) is 5.89 Å². The number of pyridine rings is 1. The summed E-state index contributed by atoms with van der Waals surface area (Å²) in [5, 5.41) is 5.87. The summed E-state index contributed by atoms with van der Waals surface area (Å²) >= 11 is 5.27. The van der Waals surface area contributed by atoms with E-state index in [0.29, 0.717) is 35.2 Å². The van der Waals surface area contributed by atoms with E-state index in [1.54, 1.807) is 30.5 Å². The molecule has 4 aromatic rings. The van der Waals surface area contributed by atoms with E-state index >= 15 is 0 Å². The molecule has 32 heavy (non-hydrogen) atoms. The largest absolute Gasteiger partial charge is 0.496 e. The molecule has 0 saturated carbocycles. The van der Waals surface area contributed by atoms with Gasteiger partial charge < -0.3 is 19.2 Å². The molecule has 9 heteroatoms. The number of ether oxygens (including phenoxy) is 2. The molecule has 0 aliphatic carbocycles. The fourth-order valence-corrected chi connectivity index (χ4v) is 3.29.